The molecule has 0 heterocycles. The molecule has 100 valence electrons. The molecule has 2 nitrogen and oxygen atoms in total. The van der Waals surface area contributed by atoms with Crippen molar-refractivity contribution in [2.75, 3.05) is 6.61 Å². The van der Waals surface area contributed by atoms with Crippen molar-refractivity contribution in [2.45, 2.75) is 19.0 Å². The van der Waals surface area contributed by atoms with Crippen molar-refractivity contribution >= 4 is 11.6 Å². The molecule has 0 aliphatic heterocycles. The largest absolute Gasteiger partial charge is 0.395 e. The Bertz CT molecular complexity index is 501. The number of aliphatic hydroxyl groups is 1. The summed E-state index contributed by atoms with van der Waals surface area (Å²) in [5.74, 6) is 0. The van der Waals surface area contributed by atoms with Gasteiger partial charge < -0.3 is 10.4 Å². The summed E-state index contributed by atoms with van der Waals surface area (Å²) < 4.78 is 0. The van der Waals surface area contributed by atoms with Crippen LogP contribution in [0.25, 0.3) is 0 Å². The Kier molecular flexibility index (Phi) is 5.40. The van der Waals surface area contributed by atoms with Gasteiger partial charge in [0.1, 0.15) is 0 Å². The number of hydrogen-bond donors (Lipinski definition) is 2. The molecule has 1 atom stereocenters. The van der Waals surface area contributed by atoms with Gasteiger partial charge in [0.15, 0.2) is 0 Å². The van der Waals surface area contributed by atoms with Gasteiger partial charge in [-0.05, 0) is 23.6 Å². The molecule has 2 aromatic carbocycles. The summed E-state index contributed by atoms with van der Waals surface area (Å²) in [5, 5.41) is 13.5. The van der Waals surface area contributed by atoms with E-state index in [9.17, 15) is 5.11 Å². The van der Waals surface area contributed by atoms with Crippen molar-refractivity contribution < 1.29 is 5.11 Å². The van der Waals surface area contributed by atoms with Crippen LogP contribution in [0.5, 0.6) is 0 Å². The van der Waals surface area contributed by atoms with Crippen LogP contribution in [0.1, 0.15) is 11.1 Å². The maximum absolute atomic E-state index is 9.44. The summed E-state index contributed by atoms with van der Waals surface area (Å²) in [6.45, 7) is 0.775. The Hall–Kier alpha value is -1.35. The molecule has 19 heavy (non-hydrogen) atoms. The fourth-order valence-corrected chi connectivity index (χ4v) is 2.20. The zero-order valence-corrected chi connectivity index (χ0v) is 11.5. The molecule has 0 aliphatic carbocycles. The van der Waals surface area contributed by atoms with E-state index in [-0.39, 0.29) is 12.6 Å². The van der Waals surface area contributed by atoms with Gasteiger partial charge in [-0.2, -0.15) is 0 Å². The molecule has 0 unspecified atom stereocenters. The summed E-state index contributed by atoms with van der Waals surface area (Å²) in [4.78, 5) is 0. The molecule has 3 heteroatoms. The first-order valence-corrected chi connectivity index (χ1v) is 6.79. The molecule has 0 spiro atoms. The van der Waals surface area contributed by atoms with Crippen LogP contribution in [0.15, 0.2) is 54.6 Å². The Morgan fingerprint density at radius 2 is 1.68 bits per heavy atom. The molecule has 0 saturated carbocycles. The lowest BCUT2D eigenvalue weighted by Crippen LogP contribution is -2.34. The average Bonchev–Trinajstić information content (AvgIpc) is 2.46. The summed E-state index contributed by atoms with van der Waals surface area (Å²) in [6.07, 6.45) is 0.807. The van der Waals surface area contributed by atoms with E-state index in [1.165, 1.54) is 5.56 Å². The van der Waals surface area contributed by atoms with E-state index in [1.807, 2.05) is 42.5 Å². The van der Waals surface area contributed by atoms with Gasteiger partial charge in [-0.1, -0.05) is 60.1 Å². The summed E-state index contributed by atoms with van der Waals surface area (Å²) in [5.41, 5.74) is 2.27. The number of halogens is 1. The summed E-state index contributed by atoms with van der Waals surface area (Å²) in [6, 6.07) is 18.0. The average molecular weight is 276 g/mol. The number of benzene rings is 2. The maximum Gasteiger partial charge on any atom is 0.0587 e. The second-order valence-corrected chi connectivity index (χ2v) is 4.95. The highest BCUT2D eigenvalue weighted by atomic mass is 35.5. The van der Waals surface area contributed by atoms with Gasteiger partial charge in [-0.25, -0.2) is 0 Å². The highest BCUT2D eigenvalue weighted by molar-refractivity contribution is 6.31. The molecular weight excluding hydrogens is 258 g/mol. The Balaban J connectivity index is 1.91. The molecule has 2 N–H and O–H groups in total. The van der Waals surface area contributed by atoms with Crippen molar-refractivity contribution in [1.29, 1.82) is 0 Å². The van der Waals surface area contributed by atoms with E-state index < -0.39 is 0 Å². The van der Waals surface area contributed by atoms with Gasteiger partial charge in [0, 0.05) is 17.6 Å². The van der Waals surface area contributed by atoms with E-state index in [4.69, 9.17) is 11.6 Å². The SMILES string of the molecule is OC[C@H](Cc1ccccc1)NCc1ccccc1Cl. The Labute approximate surface area is 119 Å². The zero-order valence-electron chi connectivity index (χ0n) is 10.7. The fourth-order valence-electron chi connectivity index (χ4n) is 2.00. The van der Waals surface area contributed by atoms with Gasteiger partial charge in [0.2, 0.25) is 0 Å². The van der Waals surface area contributed by atoms with E-state index in [0.717, 1.165) is 17.0 Å². The highest BCUT2D eigenvalue weighted by Gasteiger charge is 2.08. The first-order valence-electron chi connectivity index (χ1n) is 6.41. The predicted octanol–water partition coefficient (Wildman–Crippen LogP) is 3.03. The van der Waals surface area contributed by atoms with Crippen LogP contribution in [0.4, 0.5) is 0 Å². The van der Waals surface area contributed by atoms with Crippen molar-refractivity contribution in [3.63, 3.8) is 0 Å². The molecular formula is C16H18ClNO. The lowest BCUT2D eigenvalue weighted by atomic mass is 10.1. The Morgan fingerprint density at radius 3 is 2.37 bits per heavy atom. The first kappa shape index (κ1) is 14.1. The molecule has 0 amide bonds. The molecule has 0 bridgehead atoms. The normalized spacial score (nSPS) is 12.3. The fraction of sp³-hybridized carbons (Fsp3) is 0.250. The number of hydrogen-bond acceptors (Lipinski definition) is 2. The van der Waals surface area contributed by atoms with Crippen LogP contribution in [0.2, 0.25) is 5.02 Å². The molecule has 0 aliphatic rings. The summed E-state index contributed by atoms with van der Waals surface area (Å²) in [7, 11) is 0. The third kappa shape index (κ3) is 4.35. The lowest BCUT2D eigenvalue weighted by molar-refractivity contribution is 0.241. The minimum atomic E-state index is 0.0404. The van der Waals surface area contributed by atoms with Crippen LogP contribution in [-0.2, 0) is 13.0 Å². The van der Waals surface area contributed by atoms with Crippen LogP contribution >= 0.6 is 11.6 Å². The van der Waals surface area contributed by atoms with Crippen LogP contribution in [0.3, 0.4) is 0 Å². The van der Waals surface area contributed by atoms with E-state index in [1.54, 1.807) is 0 Å². The standard InChI is InChI=1S/C16H18ClNO/c17-16-9-5-4-8-14(16)11-18-15(12-19)10-13-6-2-1-3-7-13/h1-9,15,18-19H,10-12H2/t15-/m0/s1. The van der Waals surface area contributed by atoms with Gasteiger partial charge in [0.25, 0.3) is 0 Å². The van der Waals surface area contributed by atoms with Crippen molar-refractivity contribution in [3.05, 3.63) is 70.7 Å². The minimum Gasteiger partial charge on any atom is -0.395 e. The number of rotatable bonds is 6. The van der Waals surface area contributed by atoms with E-state index in [0.29, 0.717) is 6.54 Å². The second kappa shape index (κ2) is 7.29. The molecule has 0 radical (unpaired) electrons. The first-order chi connectivity index (χ1) is 9.29. The maximum atomic E-state index is 9.44. The van der Waals surface area contributed by atoms with E-state index in [2.05, 4.69) is 17.4 Å². The Morgan fingerprint density at radius 1 is 1.00 bits per heavy atom. The number of aliphatic hydroxyl groups excluding tert-OH is 1. The molecule has 0 saturated heterocycles. The van der Waals surface area contributed by atoms with Crippen LogP contribution in [-0.4, -0.2) is 17.8 Å². The third-order valence-corrected chi connectivity index (χ3v) is 3.45. The zero-order chi connectivity index (χ0) is 13.5. The monoisotopic (exact) mass is 275 g/mol. The lowest BCUT2D eigenvalue weighted by Gasteiger charge is -2.17. The van der Waals surface area contributed by atoms with Crippen molar-refractivity contribution in [2.24, 2.45) is 0 Å². The number of nitrogens with one attached hydrogen (secondary N) is 1. The van der Waals surface area contributed by atoms with Crippen LogP contribution < -0.4 is 5.32 Å². The minimum absolute atomic E-state index is 0.0404. The molecule has 2 rings (SSSR count). The quantitative estimate of drug-likeness (QED) is 0.849. The summed E-state index contributed by atoms with van der Waals surface area (Å²) >= 11 is 6.11. The van der Waals surface area contributed by atoms with Gasteiger partial charge in [-0.3, -0.25) is 0 Å². The van der Waals surface area contributed by atoms with Crippen molar-refractivity contribution in [3.8, 4) is 0 Å². The van der Waals surface area contributed by atoms with Crippen LogP contribution in [0, 0.1) is 0 Å². The highest BCUT2D eigenvalue weighted by Crippen LogP contribution is 2.14. The molecule has 2 aromatic rings. The molecule has 0 fully saturated rings. The van der Waals surface area contributed by atoms with Gasteiger partial charge >= 0.3 is 0 Å². The third-order valence-electron chi connectivity index (χ3n) is 3.08. The smallest absolute Gasteiger partial charge is 0.0587 e. The second-order valence-electron chi connectivity index (χ2n) is 4.54. The van der Waals surface area contributed by atoms with Gasteiger partial charge in [0.05, 0.1) is 6.61 Å². The molecule has 0 aromatic heterocycles. The predicted molar refractivity (Wildman–Crippen MR) is 79.3 cm³/mol. The van der Waals surface area contributed by atoms with E-state index >= 15 is 0 Å². The van der Waals surface area contributed by atoms with Gasteiger partial charge in [-0.15, -0.1) is 0 Å². The topological polar surface area (TPSA) is 32.3 Å². The van der Waals surface area contributed by atoms with Crippen molar-refractivity contribution in [1.82, 2.24) is 5.32 Å².